The SMILES string of the molecule is O=C(O)/C=C/C(=O)O.O=C(O)/C=C/C(=O)O.OCCN1CCN(CC/C=C2/c3ccccc3CSc3ccc(Cl)cc32)CC1. The van der Waals surface area contributed by atoms with Crippen LogP contribution in [0.4, 0.5) is 0 Å². The summed E-state index contributed by atoms with van der Waals surface area (Å²) in [7, 11) is 0. The molecular weight excluding hydrogens is 612 g/mol. The van der Waals surface area contributed by atoms with Crippen LogP contribution < -0.4 is 0 Å². The molecule has 0 atom stereocenters. The second-order valence-corrected chi connectivity index (χ2v) is 10.9. The maximum atomic E-state index is 9.55. The zero-order chi connectivity index (χ0) is 32.5. The van der Waals surface area contributed by atoms with E-state index >= 15 is 0 Å². The van der Waals surface area contributed by atoms with E-state index < -0.39 is 23.9 Å². The maximum Gasteiger partial charge on any atom is 0.328 e. The summed E-state index contributed by atoms with van der Waals surface area (Å²) < 4.78 is 0. The number of fused-ring (bicyclic) bond motifs is 2. The molecule has 11 nitrogen and oxygen atoms in total. The molecule has 0 aromatic heterocycles. The number of hydrogen-bond donors (Lipinski definition) is 5. The van der Waals surface area contributed by atoms with Crippen LogP contribution in [-0.4, -0.2) is 105 Å². The molecule has 0 aliphatic carbocycles. The molecule has 1 fully saturated rings. The van der Waals surface area contributed by atoms with Crippen LogP contribution in [0.5, 0.6) is 0 Å². The molecule has 4 rings (SSSR count). The minimum absolute atomic E-state index is 0.255. The summed E-state index contributed by atoms with van der Waals surface area (Å²) in [6, 6.07) is 15.0. The van der Waals surface area contributed by atoms with Crippen LogP contribution in [0.1, 0.15) is 23.1 Å². The average molecular weight is 647 g/mol. The number of carbonyl (C=O) groups is 4. The molecule has 2 aromatic carbocycles. The van der Waals surface area contributed by atoms with Gasteiger partial charge in [-0.05, 0) is 46.9 Å². The molecule has 0 unspecified atom stereocenters. The van der Waals surface area contributed by atoms with Crippen molar-refractivity contribution in [3.05, 3.63) is 94.6 Å². The quantitative estimate of drug-likeness (QED) is 0.250. The van der Waals surface area contributed by atoms with Gasteiger partial charge in [-0.15, -0.1) is 11.8 Å². The number of piperazine rings is 1. The van der Waals surface area contributed by atoms with Crippen molar-refractivity contribution in [1.82, 2.24) is 9.80 Å². The van der Waals surface area contributed by atoms with Crippen molar-refractivity contribution in [1.29, 1.82) is 0 Å². The Kier molecular flexibility index (Phi) is 16.0. The van der Waals surface area contributed by atoms with E-state index in [2.05, 4.69) is 52.3 Å². The number of β-amino-alcohol motifs (C(OH)–C–C–N with tert-alkyl or cyclic N) is 1. The van der Waals surface area contributed by atoms with Crippen molar-refractivity contribution < 1.29 is 44.7 Å². The van der Waals surface area contributed by atoms with E-state index in [4.69, 9.17) is 37.1 Å². The second kappa shape index (κ2) is 19.4. The summed E-state index contributed by atoms with van der Waals surface area (Å²) in [6.07, 6.45) is 5.66. The van der Waals surface area contributed by atoms with Gasteiger partial charge in [0, 0.05) is 79.2 Å². The molecule has 0 radical (unpaired) electrons. The Bertz CT molecular complexity index is 1320. The Morgan fingerprint density at radius 2 is 1.27 bits per heavy atom. The third kappa shape index (κ3) is 13.6. The van der Waals surface area contributed by atoms with Gasteiger partial charge >= 0.3 is 23.9 Å². The zero-order valence-electron chi connectivity index (χ0n) is 23.8. The minimum Gasteiger partial charge on any atom is -0.478 e. The van der Waals surface area contributed by atoms with Gasteiger partial charge in [-0.25, -0.2) is 19.2 Å². The maximum absolute atomic E-state index is 9.55. The van der Waals surface area contributed by atoms with Crippen molar-refractivity contribution in [2.24, 2.45) is 0 Å². The fourth-order valence-corrected chi connectivity index (χ4v) is 5.55. The highest BCUT2D eigenvalue weighted by atomic mass is 35.5. The summed E-state index contributed by atoms with van der Waals surface area (Å²) in [4.78, 5) is 44.4. The molecule has 2 heterocycles. The van der Waals surface area contributed by atoms with Crippen molar-refractivity contribution in [2.75, 3.05) is 45.9 Å². The number of hydrogen-bond acceptors (Lipinski definition) is 8. The molecule has 2 aromatic rings. The second-order valence-electron chi connectivity index (χ2n) is 9.42. The minimum atomic E-state index is -1.26. The van der Waals surface area contributed by atoms with Crippen LogP contribution in [0.3, 0.4) is 0 Å². The Morgan fingerprint density at radius 1 is 0.750 bits per heavy atom. The van der Waals surface area contributed by atoms with Crippen LogP contribution in [0.15, 0.2) is 77.7 Å². The van der Waals surface area contributed by atoms with Crippen molar-refractivity contribution in [2.45, 2.75) is 17.1 Å². The predicted molar refractivity (Wildman–Crippen MR) is 168 cm³/mol. The Hall–Kier alpha value is -3.94. The first kappa shape index (κ1) is 36.3. The average Bonchev–Trinajstić information content (AvgIpc) is 3.13. The lowest BCUT2D eigenvalue weighted by atomic mass is 9.93. The third-order valence-corrected chi connectivity index (χ3v) is 7.69. The van der Waals surface area contributed by atoms with Crippen LogP contribution in [0.25, 0.3) is 5.57 Å². The molecule has 5 N–H and O–H groups in total. The molecule has 0 bridgehead atoms. The molecule has 2 aliphatic heterocycles. The summed E-state index contributed by atoms with van der Waals surface area (Å²) in [5.74, 6) is -4.03. The first-order valence-corrected chi connectivity index (χ1v) is 14.9. The lowest BCUT2D eigenvalue weighted by Crippen LogP contribution is -2.47. The molecule has 44 heavy (non-hydrogen) atoms. The number of carboxylic acids is 4. The van der Waals surface area contributed by atoms with E-state index in [1.165, 1.54) is 27.2 Å². The van der Waals surface area contributed by atoms with Gasteiger partial charge in [0.15, 0.2) is 0 Å². The van der Waals surface area contributed by atoms with Gasteiger partial charge in [0.1, 0.15) is 0 Å². The summed E-state index contributed by atoms with van der Waals surface area (Å²) >= 11 is 8.25. The number of benzene rings is 2. The molecule has 0 amide bonds. The van der Waals surface area contributed by atoms with E-state index in [0.29, 0.717) is 24.3 Å². The number of rotatable bonds is 9. The molecule has 0 spiro atoms. The smallest absolute Gasteiger partial charge is 0.328 e. The van der Waals surface area contributed by atoms with E-state index in [1.807, 2.05) is 17.8 Å². The number of halogens is 1. The highest BCUT2D eigenvalue weighted by Gasteiger charge is 2.19. The fourth-order valence-electron chi connectivity index (χ4n) is 4.32. The van der Waals surface area contributed by atoms with Crippen molar-refractivity contribution >= 4 is 52.8 Å². The third-order valence-electron chi connectivity index (χ3n) is 6.33. The van der Waals surface area contributed by atoms with E-state index in [0.717, 1.165) is 56.5 Å². The fraction of sp³-hybridized carbons (Fsp3) is 0.290. The van der Waals surface area contributed by atoms with Gasteiger partial charge in [-0.3, -0.25) is 4.90 Å². The number of thioether (sulfide) groups is 1. The lowest BCUT2D eigenvalue weighted by molar-refractivity contribution is -0.134. The molecule has 13 heteroatoms. The van der Waals surface area contributed by atoms with E-state index in [9.17, 15) is 19.2 Å². The Balaban J connectivity index is 0.000000349. The lowest BCUT2D eigenvalue weighted by Gasteiger charge is -2.34. The van der Waals surface area contributed by atoms with Crippen LogP contribution in [0, 0.1) is 0 Å². The monoisotopic (exact) mass is 646 g/mol. The number of aliphatic carboxylic acids is 4. The first-order valence-electron chi connectivity index (χ1n) is 13.5. The van der Waals surface area contributed by atoms with Gasteiger partial charge in [-0.2, -0.15) is 0 Å². The van der Waals surface area contributed by atoms with Gasteiger partial charge in [0.05, 0.1) is 6.61 Å². The number of aliphatic hydroxyl groups excluding tert-OH is 1. The highest BCUT2D eigenvalue weighted by molar-refractivity contribution is 7.98. The van der Waals surface area contributed by atoms with Gasteiger partial charge in [0.2, 0.25) is 0 Å². The van der Waals surface area contributed by atoms with Crippen LogP contribution in [0.2, 0.25) is 5.02 Å². The normalized spacial score (nSPS) is 15.7. The first-order chi connectivity index (χ1) is 21.0. The summed E-state index contributed by atoms with van der Waals surface area (Å²) in [5.41, 5.74) is 5.31. The number of nitrogens with zero attached hydrogens (tertiary/aromatic N) is 2. The van der Waals surface area contributed by atoms with E-state index in [-0.39, 0.29) is 6.61 Å². The summed E-state index contributed by atoms with van der Waals surface area (Å²) in [5, 5.41) is 41.1. The van der Waals surface area contributed by atoms with Gasteiger partial charge in [0.25, 0.3) is 0 Å². The molecular formula is C31H35ClN2O9S. The molecule has 2 aliphatic rings. The predicted octanol–water partition coefficient (Wildman–Crippen LogP) is 3.80. The largest absolute Gasteiger partial charge is 0.478 e. The van der Waals surface area contributed by atoms with Gasteiger partial charge < -0.3 is 30.4 Å². The summed E-state index contributed by atoms with van der Waals surface area (Å²) in [6.45, 7) is 6.39. The standard InChI is InChI=1S/C23H27ClN2OS.2C4H4O4/c24-19-7-8-23-22(16-19)21(20-5-2-1-4-18(20)17-28-23)6-3-9-25-10-12-26(13-11-25)14-15-27;2*5-3(6)1-2-4(7)8/h1-2,4-8,16,27H,3,9-15,17H2;2*1-2H,(H,5,6)(H,7,8)/b21-6-;2*2-1+. The molecule has 0 saturated carbocycles. The van der Waals surface area contributed by atoms with Gasteiger partial charge in [-0.1, -0.05) is 41.9 Å². The van der Waals surface area contributed by atoms with Crippen molar-refractivity contribution in [3.8, 4) is 0 Å². The highest BCUT2D eigenvalue weighted by Crippen LogP contribution is 2.41. The Labute approximate surface area is 264 Å². The molecule has 236 valence electrons. The molecule has 1 saturated heterocycles. The Morgan fingerprint density at radius 3 is 1.80 bits per heavy atom. The van der Waals surface area contributed by atoms with E-state index in [1.54, 1.807) is 0 Å². The number of carboxylic acid groups (broad SMARTS) is 4. The van der Waals surface area contributed by atoms with Crippen molar-refractivity contribution in [3.63, 3.8) is 0 Å². The van der Waals surface area contributed by atoms with Crippen LogP contribution >= 0.6 is 23.4 Å². The topological polar surface area (TPSA) is 176 Å². The zero-order valence-corrected chi connectivity index (χ0v) is 25.4. The number of aliphatic hydroxyl groups is 1. The van der Waals surface area contributed by atoms with Crippen LogP contribution in [-0.2, 0) is 24.9 Å².